The van der Waals surface area contributed by atoms with E-state index < -0.39 is 10.2 Å². The fourth-order valence-electron chi connectivity index (χ4n) is 3.07. The molecule has 7 heteroatoms. The second-order valence-corrected chi connectivity index (χ2v) is 9.21. The zero-order valence-corrected chi connectivity index (χ0v) is 18.0. The van der Waals surface area contributed by atoms with Crippen LogP contribution in [-0.4, -0.2) is 39.8 Å². The molecule has 0 aliphatic rings. The minimum atomic E-state index is -3.59. The van der Waals surface area contributed by atoms with Gasteiger partial charge in [0.05, 0.1) is 11.7 Å². The predicted molar refractivity (Wildman–Crippen MR) is 120 cm³/mol. The first-order valence-electron chi connectivity index (χ1n) is 9.48. The second-order valence-electron chi connectivity index (χ2n) is 7.03. The number of amides is 1. The van der Waals surface area contributed by atoms with Gasteiger partial charge in [0.25, 0.3) is 5.91 Å². The van der Waals surface area contributed by atoms with E-state index in [4.69, 9.17) is 0 Å². The molecule has 0 saturated heterocycles. The Bertz CT molecular complexity index is 1040. The van der Waals surface area contributed by atoms with Crippen LogP contribution in [0.3, 0.4) is 0 Å². The highest BCUT2D eigenvalue weighted by atomic mass is 32.2. The van der Waals surface area contributed by atoms with Crippen molar-refractivity contribution in [2.75, 3.05) is 25.4 Å². The van der Waals surface area contributed by atoms with Gasteiger partial charge in [-0.1, -0.05) is 60.7 Å². The summed E-state index contributed by atoms with van der Waals surface area (Å²) >= 11 is 0. The molecular formula is C23H25N3O3S. The van der Waals surface area contributed by atoms with Crippen LogP contribution in [0.4, 0.5) is 5.69 Å². The maximum absolute atomic E-state index is 12.9. The van der Waals surface area contributed by atoms with Crippen LogP contribution >= 0.6 is 0 Å². The van der Waals surface area contributed by atoms with Gasteiger partial charge in [0.2, 0.25) is 0 Å². The SMILES string of the molecule is CN(C)S(=O)(=O)N(C)c1ccc(C(=O)NC(c2ccccc2)c2ccccc2)cc1. The maximum Gasteiger partial charge on any atom is 0.303 e. The summed E-state index contributed by atoms with van der Waals surface area (Å²) in [5, 5.41) is 3.08. The van der Waals surface area contributed by atoms with Crippen molar-refractivity contribution in [2.45, 2.75) is 6.04 Å². The van der Waals surface area contributed by atoms with Gasteiger partial charge in [0.15, 0.2) is 0 Å². The predicted octanol–water partition coefficient (Wildman–Crippen LogP) is 3.45. The molecule has 0 fully saturated rings. The van der Waals surface area contributed by atoms with E-state index in [1.165, 1.54) is 25.4 Å². The Labute approximate surface area is 177 Å². The zero-order valence-electron chi connectivity index (χ0n) is 17.2. The van der Waals surface area contributed by atoms with Gasteiger partial charge in [-0.25, -0.2) is 0 Å². The number of carbonyl (C=O) groups excluding carboxylic acids is 1. The summed E-state index contributed by atoms with van der Waals surface area (Å²) in [4.78, 5) is 12.9. The number of hydrogen-bond donors (Lipinski definition) is 1. The third-order valence-corrected chi connectivity index (χ3v) is 6.67. The van der Waals surface area contributed by atoms with E-state index in [0.717, 1.165) is 15.4 Å². The lowest BCUT2D eigenvalue weighted by molar-refractivity contribution is 0.0943. The van der Waals surface area contributed by atoms with Crippen LogP contribution in [0.15, 0.2) is 84.9 Å². The molecule has 1 amide bonds. The molecule has 0 heterocycles. The summed E-state index contributed by atoms with van der Waals surface area (Å²) in [6, 6.07) is 25.7. The molecule has 30 heavy (non-hydrogen) atoms. The first-order chi connectivity index (χ1) is 14.3. The van der Waals surface area contributed by atoms with Gasteiger partial charge >= 0.3 is 10.2 Å². The van der Waals surface area contributed by atoms with Crippen molar-refractivity contribution < 1.29 is 13.2 Å². The zero-order chi connectivity index (χ0) is 21.7. The summed E-state index contributed by atoms with van der Waals surface area (Å²) < 4.78 is 26.9. The molecule has 3 aromatic carbocycles. The number of nitrogens with one attached hydrogen (secondary N) is 1. The smallest absolute Gasteiger partial charge is 0.303 e. The van der Waals surface area contributed by atoms with Crippen LogP contribution in [-0.2, 0) is 10.2 Å². The Hall–Kier alpha value is -3.16. The van der Waals surface area contributed by atoms with E-state index >= 15 is 0 Å². The van der Waals surface area contributed by atoms with E-state index in [2.05, 4.69) is 5.32 Å². The number of anilines is 1. The highest BCUT2D eigenvalue weighted by Gasteiger charge is 2.22. The first-order valence-corrected chi connectivity index (χ1v) is 10.9. The summed E-state index contributed by atoms with van der Waals surface area (Å²) in [5.41, 5.74) is 2.88. The maximum atomic E-state index is 12.9. The van der Waals surface area contributed by atoms with Crippen molar-refractivity contribution in [1.29, 1.82) is 0 Å². The topological polar surface area (TPSA) is 69.7 Å². The first kappa shape index (κ1) is 21.5. The van der Waals surface area contributed by atoms with E-state index in [9.17, 15) is 13.2 Å². The standard InChI is InChI=1S/C23H25N3O3S/c1-25(2)30(28,29)26(3)21-16-14-20(15-17-21)23(27)24-22(18-10-6-4-7-11-18)19-12-8-5-9-13-19/h4-17,22H,1-3H3,(H,24,27). The molecule has 0 bridgehead atoms. The lowest BCUT2D eigenvalue weighted by atomic mass is 9.98. The molecule has 0 radical (unpaired) electrons. The van der Waals surface area contributed by atoms with Crippen molar-refractivity contribution in [3.8, 4) is 0 Å². The molecule has 0 spiro atoms. The van der Waals surface area contributed by atoms with Gasteiger partial charge in [-0.05, 0) is 35.4 Å². The summed E-state index contributed by atoms with van der Waals surface area (Å²) in [7, 11) is 0.836. The van der Waals surface area contributed by atoms with Crippen molar-refractivity contribution in [3.63, 3.8) is 0 Å². The van der Waals surface area contributed by atoms with Crippen molar-refractivity contribution >= 4 is 21.8 Å². The Morgan fingerprint density at radius 1 is 0.767 bits per heavy atom. The van der Waals surface area contributed by atoms with Gasteiger partial charge < -0.3 is 5.32 Å². The third kappa shape index (κ3) is 4.69. The lowest BCUT2D eigenvalue weighted by Crippen LogP contribution is -2.37. The normalized spacial score (nSPS) is 11.5. The molecule has 3 rings (SSSR count). The molecule has 1 N–H and O–H groups in total. The largest absolute Gasteiger partial charge is 0.341 e. The average molecular weight is 424 g/mol. The van der Waals surface area contributed by atoms with Crippen molar-refractivity contribution in [3.05, 3.63) is 102 Å². The van der Waals surface area contributed by atoms with E-state index in [0.29, 0.717) is 11.3 Å². The fraction of sp³-hybridized carbons (Fsp3) is 0.174. The highest BCUT2D eigenvalue weighted by molar-refractivity contribution is 7.90. The van der Waals surface area contributed by atoms with Gasteiger partial charge in [-0.2, -0.15) is 12.7 Å². The molecule has 0 unspecified atom stereocenters. The van der Waals surface area contributed by atoms with Crippen LogP contribution in [0.5, 0.6) is 0 Å². The minimum Gasteiger partial charge on any atom is -0.341 e. The molecule has 0 aromatic heterocycles. The quantitative estimate of drug-likeness (QED) is 0.633. The van der Waals surface area contributed by atoms with Crippen LogP contribution in [0.25, 0.3) is 0 Å². The molecule has 0 saturated carbocycles. The molecule has 3 aromatic rings. The van der Waals surface area contributed by atoms with Gasteiger partial charge in [-0.15, -0.1) is 0 Å². The molecule has 6 nitrogen and oxygen atoms in total. The van der Waals surface area contributed by atoms with Crippen LogP contribution < -0.4 is 9.62 Å². The number of nitrogens with zero attached hydrogens (tertiary/aromatic N) is 2. The highest BCUT2D eigenvalue weighted by Crippen LogP contribution is 2.23. The van der Waals surface area contributed by atoms with Crippen LogP contribution in [0.2, 0.25) is 0 Å². The van der Waals surface area contributed by atoms with Crippen molar-refractivity contribution in [2.24, 2.45) is 0 Å². The summed E-state index contributed by atoms with van der Waals surface area (Å²) in [6.45, 7) is 0. The Morgan fingerprint density at radius 3 is 1.67 bits per heavy atom. The van der Waals surface area contributed by atoms with Crippen LogP contribution in [0, 0.1) is 0 Å². The lowest BCUT2D eigenvalue weighted by Gasteiger charge is -2.23. The fourth-order valence-corrected chi connectivity index (χ4v) is 3.94. The number of rotatable bonds is 7. The molecule has 0 atom stereocenters. The van der Waals surface area contributed by atoms with Crippen LogP contribution in [0.1, 0.15) is 27.5 Å². The average Bonchev–Trinajstić information content (AvgIpc) is 2.78. The minimum absolute atomic E-state index is 0.239. The Balaban J connectivity index is 1.83. The van der Waals surface area contributed by atoms with Gasteiger partial charge in [0, 0.05) is 26.7 Å². The summed E-state index contributed by atoms with van der Waals surface area (Å²) in [6.07, 6.45) is 0. The Kier molecular flexibility index (Phi) is 6.54. The molecule has 156 valence electrons. The number of benzene rings is 3. The van der Waals surface area contributed by atoms with Gasteiger partial charge in [-0.3, -0.25) is 9.10 Å². The van der Waals surface area contributed by atoms with E-state index in [1.807, 2.05) is 60.7 Å². The monoisotopic (exact) mass is 423 g/mol. The van der Waals surface area contributed by atoms with E-state index in [-0.39, 0.29) is 11.9 Å². The molecule has 0 aliphatic heterocycles. The number of carbonyl (C=O) groups is 1. The van der Waals surface area contributed by atoms with Crippen molar-refractivity contribution in [1.82, 2.24) is 9.62 Å². The Morgan fingerprint density at radius 2 is 1.23 bits per heavy atom. The number of hydrogen-bond acceptors (Lipinski definition) is 3. The molecule has 0 aliphatic carbocycles. The van der Waals surface area contributed by atoms with E-state index in [1.54, 1.807) is 24.3 Å². The third-order valence-electron chi connectivity index (χ3n) is 4.84. The van der Waals surface area contributed by atoms with Gasteiger partial charge in [0.1, 0.15) is 0 Å². The summed E-state index contributed by atoms with van der Waals surface area (Å²) in [5.74, 6) is -0.239. The second kappa shape index (κ2) is 9.11. The molecular weight excluding hydrogens is 398 g/mol.